The highest BCUT2D eigenvalue weighted by Gasteiger charge is 2.12. The number of anilines is 1. The first kappa shape index (κ1) is 12.4. The fraction of sp³-hybridized carbons (Fsp3) is 0.188. The summed E-state index contributed by atoms with van der Waals surface area (Å²) >= 11 is 0. The Bertz CT molecular complexity index is 534. The highest BCUT2D eigenvalue weighted by atomic mass is 16.2. The van der Waals surface area contributed by atoms with Gasteiger partial charge < -0.3 is 4.90 Å². The molecular weight excluding hydrogens is 222 g/mol. The van der Waals surface area contributed by atoms with E-state index in [2.05, 4.69) is 0 Å². The Morgan fingerprint density at radius 2 is 1.61 bits per heavy atom. The first-order chi connectivity index (χ1) is 8.68. The van der Waals surface area contributed by atoms with Gasteiger partial charge in [-0.25, -0.2) is 0 Å². The molecule has 2 heteroatoms. The predicted molar refractivity (Wildman–Crippen MR) is 74.7 cm³/mol. The van der Waals surface area contributed by atoms with E-state index in [0.29, 0.717) is 6.42 Å². The van der Waals surface area contributed by atoms with Gasteiger partial charge in [0.05, 0.1) is 6.42 Å². The summed E-state index contributed by atoms with van der Waals surface area (Å²) in [5, 5.41) is 0. The number of likely N-dealkylation sites (N-methyl/N-ethyl adjacent to an activating group) is 1. The van der Waals surface area contributed by atoms with Gasteiger partial charge in [-0.2, -0.15) is 0 Å². The number of carbonyl (C=O) groups excluding carboxylic acids is 1. The number of nitrogens with zero attached hydrogens (tertiary/aromatic N) is 1. The fourth-order valence-electron chi connectivity index (χ4n) is 1.89. The van der Waals surface area contributed by atoms with Crippen LogP contribution in [-0.2, 0) is 11.2 Å². The summed E-state index contributed by atoms with van der Waals surface area (Å²) in [6.45, 7) is 2.03. The summed E-state index contributed by atoms with van der Waals surface area (Å²) in [6.07, 6.45) is 0.443. The van der Waals surface area contributed by atoms with Crippen LogP contribution in [0.1, 0.15) is 11.1 Å². The van der Waals surface area contributed by atoms with Gasteiger partial charge in [-0.05, 0) is 30.2 Å². The summed E-state index contributed by atoms with van der Waals surface area (Å²) in [6, 6.07) is 17.7. The summed E-state index contributed by atoms with van der Waals surface area (Å²) in [5.41, 5.74) is 3.17. The van der Waals surface area contributed by atoms with Crippen LogP contribution >= 0.6 is 0 Å². The van der Waals surface area contributed by atoms with Gasteiger partial charge in [-0.1, -0.05) is 42.5 Å². The van der Waals surface area contributed by atoms with Crippen LogP contribution in [0.2, 0.25) is 0 Å². The highest BCUT2D eigenvalue weighted by molar-refractivity contribution is 5.94. The van der Waals surface area contributed by atoms with Crippen molar-refractivity contribution in [2.24, 2.45) is 0 Å². The number of hydrogen-bond donors (Lipinski definition) is 0. The Kier molecular flexibility index (Phi) is 3.78. The zero-order chi connectivity index (χ0) is 13.0. The van der Waals surface area contributed by atoms with Crippen molar-refractivity contribution < 1.29 is 4.79 Å². The normalized spacial score (nSPS) is 10.1. The quantitative estimate of drug-likeness (QED) is 0.805. The fourth-order valence-corrected chi connectivity index (χ4v) is 1.89. The summed E-state index contributed by atoms with van der Waals surface area (Å²) in [7, 11) is 1.82. The number of para-hydroxylation sites is 1. The lowest BCUT2D eigenvalue weighted by Gasteiger charge is -2.17. The van der Waals surface area contributed by atoms with E-state index in [0.717, 1.165) is 16.8 Å². The highest BCUT2D eigenvalue weighted by Crippen LogP contribution is 2.14. The van der Waals surface area contributed by atoms with Crippen LogP contribution in [0.4, 0.5) is 5.69 Å². The molecule has 0 atom stereocenters. The minimum Gasteiger partial charge on any atom is -0.315 e. The summed E-state index contributed by atoms with van der Waals surface area (Å²) in [4.78, 5) is 13.9. The average Bonchev–Trinajstić information content (AvgIpc) is 2.41. The standard InChI is InChI=1S/C16H17NO/c1-13-8-6-7-9-14(13)12-16(18)17(2)15-10-4-3-5-11-15/h3-11H,12H2,1-2H3. The van der Waals surface area contributed by atoms with E-state index in [1.165, 1.54) is 0 Å². The molecule has 0 fully saturated rings. The van der Waals surface area contributed by atoms with E-state index >= 15 is 0 Å². The third-order valence-corrected chi connectivity index (χ3v) is 3.12. The molecule has 0 unspecified atom stereocenters. The van der Waals surface area contributed by atoms with E-state index in [1.54, 1.807) is 4.90 Å². The van der Waals surface area contributed by atoms with Crippen LogP contribution < -0.4 is 4.90 Å². The van der Waals surface area contributed by atoms with Crippen molar-refractivity contribution in [2.75, 3.05) is 11.9 Å². The van der Waals surface area contributed by atoms with E-state index < -0.39 is 0 Å². The van der Waals surface area contributed by atoms with E-state index in [9.17, 15) is 4.79 Å². The van der Waals surface area contributed by atoms with Crippen molar-refractivity contribution in [1.29, 1.82) is 0 Å². The molecule has 0 aliphatic heterocycles. The monoisotopic (exact) mass is 239 g/mol. The predicted octanol–water partition coefficient (Wildman–Crippen LogP) is 3.20. The zero-order valence-corrected chi connectivity index (χ0v) is 10.8. The molecule has 2 nitrogen and oxygen atoms in total. The minimum absolute atomic E-state index is 0.107. The topological polar surface area (TPSA) is 20.3 Å². The van der Waals surface area contributed by atoms with Crippen LogP contribution in [0, 0.1) is 6.92 Å². The number of amides is 1. The molecule has 0 radical (unpaired) electrons. The SMILES string of the molecule is Cc1ccccc1CC(=O)N(C)c1ccccc1. The lowest BCUT2D eigenvalue weighted by atomic mass is 10.1. The Labute approximate surface area is 108 Å². The van der Waals surface area contributed by atoms with Crippen LogP contribution in [0.3, 0.4) is 0 Å². The van der Waals surface area contributed by atoms with Gasteiger partial charge >= 0.3 is 0 Å². The van der Waals surface area contributed by atoms with Crippen molar-refractivity contribution >= 4 is 11.6 Å². The Hall–Kier alpha value is -2.09. The van der Waals surface area contributed by atoms with Crippen LogP contribution in [0.25, 0.3) is 0 Å². The third kappa shape index (κ3) is 2.77. The molecule has 0 bridgehead atoms. The number of carbonyl (C=O) groups is 1. The Balaban J connectivity index is 2.12. The number of rotatable bonds is 3. The number of aryl methyl sites for hydroxylation is 1. The van der Waals surface area contributed by atoms with Gasteiger partial charge in [-0.3, -0.25) is 4.79 Å². The van der Waals surface area contributed by atoms with Gasteiger partial charge in [0.1, 0.15) is 0 Å². The zero-order valence-electron chi connectivity index (χ0n) is 10.8. The maximum Gasteiger partial charge on any atom is 0.231 e. The average molecular weight is 239 g/mol. The van der Waals surface area contributed by atoms with E-state index in [-0.39, 0.29) is 5.91 Å². The smallest absolute Gasteiger partial charge is 0.231 e. The summed E-state index contributed by atoms with van der Waals surface area (Å²) in [5.74, 6) is 0.107. The molecule has 18 heavy (non-hydrogen) atoms. The molecule has 0 N–H and O–H groups in total. The number of hydrogen-bond acceptors (Lipinski definition) is 1. The van der Waals surface area contributed by atoms with Gasteiger partial charge in [0.25, 0.3) is 0 Å². The molecule has 0 heterocycles. The lowest BCUT2D eigenvalue weighted by molar-refractivity contribution is -0.117. The van der Waals surface area contributed by atoms with Crippen molar-refractivity contribution in [3.05, 3.63) is 65.7 Å². The molecule has 0 aliphatic carbocycles. The van der Waals surface area contributed by atoms with Crippen molar-refractivity contribution in [1.82, 2.24) is 0 Å². The second kappa shape index (κ2) is 5.50. The van der Waals surface area contributed by atoms with Crippen molar-refractivity contribution in [3.8, 4) is 0 Å². The maximum atomic E-state index is 12.2. The van der Waals surface area contributed by atoms with Gasteiger partial charge in [0.2, 0.25) is 5.91 Å². The van der Waals surface area contributed by atoms with E-state index in [1.807, 2.05) is 68.6 Å². The van der Waals surface area contributed by atoms with Gasteiger partial charge in [-0.15, -0.1) is 0 Å². The van der Waals surface area contributed by atoms with Gasteiger partial charge in [0, 0.05) is 12.7 Å². The molecule has 2 aromatic rings. The van der Waals surface area contributed by atoms with Crippen LogP contribution in [0.15, 0.2) is 54.6 Å². The molecule has 1 amide bonds. The molecule has 0 spiro atoms. The van der Waals surface area contributed by atoms with Crippen molar-refractivity contribution in [3.63, 3.8) is 0 Å². The van der Waals surface area contributed by atoms with Crippen molar-refractivity contribution in [2.45, 2.75) is 13.3 Å². The first-order valence-corrected chi connectivity index (χ1v) is 6.04. The number of benzene rings is 2. The van der Waals surface area contributed by atoms with Crippen LogP contribution in [-0.4, -0.2) is 13.0 Å². The largest absolute Gasteiger partial charge is 0.315 e. The first-order valence-electron chi connectivity index (χ1n) is 6.04. The van der Waals surface area contributed by atoms with Gasteiger partial charge in [0.15, 0.2) is 0 Å². The molecule has 92 valence electrons. The Morgan fingerprint density at radius 1 is 1.00 bits per heavy atom. The third-order valence-electron chi connectivity index (χ3n) is 3.12. The molecule has 2 rings (SSSR count). The maximum absolute atomic E-state index is 12.2. The Morgan fingerprint density at radius 3 is 2.28 bits per heavy atom. The molecule has 0 aliphatic rings. The molecule has 2 aromatic carbocycles. The molecular formula is C16H17NO. The van der Waals surface area contributed by atoms with E-state index in [4.69, 9.17) is 0 Å². The molecule has 0 saturated carbocycles. The van der Waals surface area contributed by atoms with Crippen LogP contribution in [0.5, 0.6) is 0 Å². The molecule has 0 saturated heterocycles. The molecule has 0 aromatic heterocycles. The summed E-state index contributed by atoms with van der Waals surface area (Å²) < 4.78 is 0. The minimum atomic E-state index is 0.107. The lowest BCUT2D eigenvalue weighted by Crippen LogP contribution is -2.27. The second-order valence-electron chi connectivity index (χ2n) is 4.39. The second-order valence-corrected chi connectivity index (χ2v) is 4.39.